The third-order valence-corrected chi connectivity index (χ3v) is 5.47. The van der Waals surface area contributed by atoms with Crippen LogP contribution in [0.5, 0.6) is 0 Å². The molecule has 7 heteroatoms. The molecule has 0 aliphatic heterocycles. The van der Waals surface area contributed by atoms with Gasteiger partial charge in [0.25, 0.3) is 0 Å². The molecule has 0 spiro atoms. The first-order valence-corrected chi connectivity index (χ1v) is 7.51. The van der Waals surface area contributed by atoms with E-state index in [-0.39, 0.29) is 17.2 Å². The number of hydrogen-bond donors (Lipinski definition) is 2. The Morgan fingerprint density at radius 3 is 2.50 bits per heavy atom. The molecule has 5 nitrogen and oxygen atoms in total. The molecule has 0 aromatic heterocycles. The fourth-order valence-electron chi connectivity index (χ4n) is 1.30. The van der Waals surface area contributed by atoms with Gasteiger partial charge in [-0.05, 0) is 32.0 Å². The van der Waals surface area contributed by atoms with Crippen LogP contribution in [0.2, 0.25) is 0 Å². The summed E-state index contributed by atoms with van der Waals surface area (Å²) in [7, 11) is -2.32. The highest BCUT2D eigenvalue weighted by molar-refractivity contribution is 9.10. The first kappa shape index (κ1) is 15.4. The van der Waals surface area contributed by atoms with Crippen molar-refractivity contribution in [1.82, 2.24) is 4.31 Å². The Balaban J connectivity index is 3.34. The maximum atomic E-state index is 12.4. The van der Waals surface area contributed by atoms with Crippen LogP contribution < -0.4 is 5.73 Å². The van der Waals surface area contributed by atoms with Crippen LogP contribution in [0.3, 0.4) is 0 Å². The zero-order chi connectivity index (χ0) is 14.1. The molecule has 0 saturated carbocycles. The first-order valence-electron chi connectivity index (χ1n) is 5.28. The predicted octanol–water partition coefficient (Wildman–Crippen LogP) is 1.42. The van der Waals surface area contributed by atoms with Crippen molar-refractivity contribution in [2.75, 3.05) is 19.4 Å². The van der Waals surface area contributed by atoms with E-state index in [1.165, 1.54) is 19.2 Å². The fourth-order valence-corrected chi connectivity index (χ4v) is 3.46. The van der Waals surface area contributed by atoms with Crippen molar-refractivity contribution < 1.29 is 13.5 Å². The number of nitrogen functional groups attached to an aromatic ring is 1. The summed E-state index contributed by atoms with van der Waals surface area (Å²) < 4.78 is 26.6. The molecule has 1 aromatic rings. The molecule has 0 fully saturated rings. The normalized spacial score (nSPS) is 13.0. The summed E-state index contributed by atoms with van der Waals surface area (Å²) in [5.41, 5.74) is 4.99. The summed E-state index contributed by atoms with van der Waals surface area (Å²) in [6, 6.07) is 4.65. The van der Waals surface area contributed by atoms with Gasteiger partial charge in [0.2, 0.25) is 10.0 Å². The van der Waals surface area contributed by atoms with Gasteiger partial charge in [-0.15, -0.1) is 0 Å². The van der Waals surface area contributed by atoms with E-state index >= 15 is 0 Å². The number of halogens is 1. The van der Waals surface area contributed by atoms with Crippen LogP contribution in [0.4, 0.5) is 5.69 Å². The third kappa shape index (κ3) is 2.85. The van der Waals surface area contributed by atoms with Crippen LogP contribution in [0.15, 0.2) is 27.6 Å². The predicted molar refractivity (Wildman–Crippen MR) is 74.7 cm³/mol. The number of likely N-dealkylation sites (N-methyl/N-ethyl adjacent to an activating group) is 1. The summed E-state index contributed by atoms with van der Waals surface area (Å²) >= 11 is 3.22. The van der Waals surface area contributed by atoms with Gasteiger partial charge in [-0.3, -0.25) is 0 Å². The number of benzene rings is 1. The first-order chi connectivity index (χ1) is 8.13. The average molecular weight is 337 g/mol. The van der Waals surface area contributed by atoms with Gasteiger partial charge in [-0.25, -0.2) is 8.42 Å². The van der Waals surface area contributed by atoms with E-state index in [9.17, 15) is 13.5 Å². The molecule has 0 aliphatic rings. The molecule has 0 heterocycles. The van der Waals surface area contributed by atoms with E-state index < -0.39 is 15.6 Å². The van der Waals surface area contributed by atoms with E-state index in [2.05, 4.69) is 15.9 Å². The van der Waals surface area contributed by atoms with Crippen molar-refractivity contribution in [3.63, 3.8) is 0 Å². The van der Waals surface area contributed by atoms with Crippen LogP contribution in [0.1, 0.15) is 13.8 Å². The number of hydrogen-bond acceptors (Lipinski definition) is 4. The fraction of sp³-hybridized carbons (Fsp3) is 0.455. The van der Waals surface area contributed by atoms with E-state index in [1.54, 1.807) is 19.9 Å². The van der Waals surface area contributed by atoms with E-state index in [0.717, 1.165) is 4.31 Å². The second-order valence-corrected chi connectivity index (χ2v) is 7.48. The second kappa shape index (κ2) is 5.16. The number of rotatable bonds is 4. The maximum absolute atomic E-state index is 12.4. The highest BCUT2D eigenvalue weighted by atomic mass is 79.9. The number of sulfonamides is 1. The van der Waals surface area contributed by atoms with Crippen molar-refractivity contribution in [2.24, 2.45) is 0 Å². The monoisotopic (exact) mass is 336 g/mol. The number of aliphatic hydroxyl groups excluding tert-OH is 1. The molecule has 0 aliphatic carbocycles. The molecule has 0 atom stereocenters. The molecule has 0 bridgehead atoms. The lowest BCUT2D eigenvalue weighted by atomic mass is 10.1. The van der Waals surface area contributed by atoms with Gasteiger partial charge < -0.3 is 10.8 Å². The van der Waals surface area contributed by atoms with Crippen molar-refractivity contribution in [3.8, 4) is 0 Å². The second-order valence-electron chi connectivity index (χ2n) is 4.63. The molecular weight excluding hydrogens is 320 g/mol. The lowest BCUT2D eigenvalue weighted by Crippen LogP contribution is -2.47. The molecule has 18 heavy (non-hydrogen) atoms. The molecule has 0 amide bonds. The Kier molecular flexibility index (Phi) is 4.42. The van der Waals surface area contributed by atoms with E-state index in [1.807, 2.05) is 0 Å². The van der Waals surface area contributed by atoms with Crippen LogP contribution in [-0.4, -0.2) is 37.0 Å². The minimum Gasteiger partial charge on any atom is -0.398 e. The van der Waals surface area contributed by atoms with Crippen LogP contribution in [-0.2, 0) is 10.0 Å². The Bertz CT molecular complexity index is 543. The molecule has 102 valence electrons. The van der Waals surface area contributed by atoms with E-state index in [0.29, 0.717) is 4.47 Å². The highest BCUT2D eigenvalue weighted by Crippen LogP contribution is 2.28. The van der Waals surface area contributed by atoms with Crippen molar-refractivity contribution in [2.45, 2.75) is 24.3 Å². The standard InChI is InChI=1S/C11H17BrN2O3S/c1-11(2,7-15)14(3)18(16,17)10-6-8(12)4-5-9(10)13/h4-6,15H,7,13H2,1-3H3. The number of nitrogens with two attached hydrogens (primary N) is 1. The van der Waals surface area contributed by atoms with Gasteiger partial charge in [-0.2, -0.15) is 4.31 Å². The van der Waals surface area contributed by atoms with Crippen molar-refractivity contribution in [1.29, 1.82) is 0 Å². The van der Waals surface area contributed by atoms with Gasteiger partial charge in [0.1, 0.15) is 4.90 Å². The molecular formula is C11H17BrN2O3S. The van der Waals surface area contributed by atoms with Gasteiger partial charge in [0.15, 0.2) is 0 Å². The van der Waals surface area contributed by atoms with Crippen LogP contribution in [0, 0.1) is 0 Å². The summed E-state index contributed by atoms with van der Waals surface area (Å²) in [4.78, 5) is 0.0286. The van der Waals surface area contributed by atoms with Crippen molar-refractivity contribution >= 4 is 31.6 Å². The molecule has 0 saturated heterocycles. The van der Waals surface area contributed by atoms with Gasteiger partial charge >= 0.3 is 0 Å². The topological polar surface area (TPSA) is 83.6 Å². The summed E-state index contributed by atoms with van der Waals surface area (Å²) in [6.07, 6.45) is 0. The zero-order valence-electron chi connectivity index (χ0n) is 10.5. The van der Waals surface area contributed by atoms with Crippen LogP contribution in [0.25, 0.3) is 0 Å². The summed E-state index contributed by atoms with van der Waals surface area (Å²) in [5, 5.41) is 9.25. The van der Waals surface area contributed by atoms with Crippen LogP contribution >= 0.6 is 15.9 Å². The summed E-state index contributed by atoms with van der Waals surface area (Å²) in [5.74, 6) is 0. The third-order valence-electron chi connectivity index (χ3n) is 2.85. The average Bonchev–Trinajstić information content (AvgIpc) is 2.31. The smallest absolute Gasteiger partial charge is 0.245 e. The highest BCUT2D eigenvalue weighted by Gasteiger charge is 2.34. The largest absolute Gasteiger partial charge is 0.398 e. The quantitative estimate of drug-likeness (QED) is 0.814. The molecule has 0 unspecified atom stereocenters. The molecule has 1 aromatic carbocycles. The Labute approximate surface area is 116 Å². The maximum Gasteiger partial charge on any atom is 0.245 e. The Morgan fingerprint density at radius 1 is 1.44 bits per heavy atom. The van der Waals surface area contributed by atoms with Gasteiger partial charge in [0, 0.05) is 11.5 Å². The van der Waals surface area contributed by atoms with Gasteiger partial charge in [-0.1, -0.05) is 15.9 Å². The Hall–Kier alpha value is -0.630. The zero-order valence-corrected chi connectivity index (χ0v) is 12.9. The number of aliphatic hydroxyl groups is 1. The lowest BCUT2D eigenvalue weighted by molar-refractivity contribution is 0.138. The van der Waals surface area contributed by atoms with Crippen molar-refractivity contribution in [3.05, 3.63) is 22.7 Å². The minimum atomic E-state index is -3.74. The van der Waals surface area contributed by atoms with Gasteiger partial charge in [0.05, 0.1) is 17.8 Å². The molecule has 0 radical (unpaired) electrons. The summed E-state index contributed by atoms with van der Waals surface area (Å²) in [6.45, 7) is 2.99. The number of anilines is 1. The molecule has 1 rings (SSSR count). The molecule has 3 N–H and O–H groups in total. The SMILES string of the molecule is CN(C(C)(C)CO)S(=O)(=O)c1cc(Br)ccc1N. The minimum absolute atomic E-state index is 0.0286. The Morgan fingerprint density at radius 2 is 2.00 bits per heavy atom. The van der Waals surface area contributed by atoms with E-state index in [4.69, 9.17) is 5.73 Å². The number of nitrogens with zero attached hydrogens (tertiary/aromatic N) is 1. The lowest BCUT2D eigenvalue weighted by Gasteiger charge is -2.33.